The van der Waals surface area contributed by atoms with Crippen molar-refractivity contribution in [3.63, 3.8) is 0 Å². The molecule has 2 rings (SSSR count). The summed E-state index contributed by atoms with van der Waals surface area (Å²) in [5, 5.41) is 5.07. The third-order valence-electron chi connectivity index (χ3n) is 3.45. The molecule has 0 spiro atoms. The molecule has 1 aliphatic carbocycles. The van der Waals surface area contributed by atoms with E-state index in [1.807, 2.05) is 14.0 Å². The first-order chi connectivity index (χ1) is 8.61. The highest BCUT2D eigenvalue weighted by Crippen LogP contribution is 2.24. The largest absolute Gasteiger partial charge is 0.372 e. The number of hydrogen-bond acceptors (Lipinski definition) is 3. The predicted octanol–water partition coefficient (Wildman–Crippen LogP) is 2.66. The fourth-order valence-electron chi connectivity index (χ4n) is 2.25. The van der Waals surface area contributed by atoms with E-state index < -0.39 is 0 Å². The van der Waals surface area contributed by atoms with Crippen LogP contribution < -0.4 is 0 Å². The van der Waals surface area contributed by atoms with Crippen molar-refractivity contribution in [2.45, 2.75) is 51.7 Å². The van der Waals surface area contributed by atoms with Crippen molar-refractivity contribution in [2.75, 3.05) is 0 Å². The summed E-state index contributed by atoms with van der Waals surface area (Å²) in [6.45, 7) is 2.51. The van der Waals surface area contributed by atoms with Crippen LogP contribution in [0.4, 0.5) is 0 Å². The number of aryl methyl sites for hydroxylation is 2. The number of carbonyl (C=O) groups excluding carboxylic acids is 1. The molecule has 1 fully saturated rings. The molecule has 0 amide bonds. The second-order valence-corrected chi connectivity index (χ2v) is 5.11. The van der Waals surface area contributed by atoms with E-state index in [-0.39, 0.29) is 6.10 Å². The number of ketones is 1. The van der Waals surface area contributed by atoms with Gasteiger partial charge in [0.1, 0.15) is 5.78 Å². The fourth-order valence-corrected chi connectivity index (χ4v) is 2.60. The van der Waals surface area contributed by atoms with E-state index in [1.54, 1.807) is 4.68 Å². The van der Waals surface area contributed by atoms with Crippen LogP contribution in [0.5, 0.6) is 0 Å². The molecule has 1 aromatic heterocycles. The van der Waals surface area contributed by atoms with Crippen LogP contribution in [-0.2, 0) is 29.6 Å². The normalized spacial score (nSPS) is 17.4. The summed E-state index contributed by atoms with van der Waals surface area (Å²) in [6, 6.07) is 0. The first kappa shape index (κ1) is 13.6. The summed E-state index contributed by atoms with van der Waals surface area (Å²) in [5.41, 5.74) is 1.84. The van der Waals surface area contributed by atoms with Crippen molar-refractivity contribution in [2.24, 2.45) is 7.05 Å². The molecule has 0 unspecified atom stereocenters. The number of aromatic nitrogens is 2. The van der Waals surface area contributed by atoms with E-state index in [0.717, 1.165) is 30.7 Å². The van der Waals surface area contributed by atoms with Gasteiger partial charge in [0.15, 0.2) is 0 Å². The van der Waals surface area contributed by atoms with Gasteiger partial charge in [-0.2, -0.15) is 5.10 Å². The number of rotatable bonds is 4. The van der Waals surface area contributed by atoms with Gasteiger partial charge in [0.05, 0.1) is 29.1 Å². The fraction of sp³-hybridized carbons (Fsp3) is 0.692. The van der Waals surface area contributed by atoms with Gasteiger partial charge in [0.25, 0.3) is 0 Å². The molecule has 0 atom stereocenters. The van der Waals surface area contributed by atoms with Gasteiger partial charge >= 0.3 is 0 Å². The molecule has 0 bridgehead atoms. The number of ether oxygens (including phenoxy) is 1. The monoisotopic (exact) mass is 270 g/mol. The third-order valence-corrected chi connectivity index (χ3v) is 3.89. The Balaban J connectivity index is 1.94. The Morgan fingerprint density at radius 3 is 2.67 bits per heavy atom. The summed E-state index contributed by atoms with van der Waals surface area (Å²) in [4.78, 5) is 11.1. The zero-order valence-corrected chi connectivity index (χ0v) is 11.7. The quantitative estimate of drug-likeness (QED) is 0.845. The van der Waals surface area contributed by atoms with E-state index in [2.05, 4.69) is 5.10 Å². The van der Waals surface area contributed by atoms with Crippen LogP contribution in [0.3, 0.4) is 0 Å². The zero-order valence-electron chi connectivity index (χ0n) is 10.9. The highest BCUT2D eigenvalue weighted by atomic mass is 35.5. The molecule has 1 heterocycles. The zero-order chi connectivity index (χ0) is 13.1. The molecule has 0 aliphatic heterocycles. The first-order valence-electron chi connectivity index (χ1n) is 6.45. The maximum absolute atomic E-state index is 11.1. The number of Topliss-reactive ketones (excluding diaryl/α,β-unsaturated/α-hetero) is 1. The maximum Gasteiger partial charge on any atom is 0.133 e. The van der Waals surface area contributed by atoms with E-state index >= 15 is 0 Å². The first-order valence-corrected chi connectivity index (χ1v) is 6.83. The van der Waals surface area contributed by atoms with Crippen molar-refractivity contribution < 1.29 is 9.53 Å². The maximum atomic E-state index is 11.1. The second-order valence-electron chi connectivity index (χ2n) is 4.73. The lowest BCUT2D eigenvalue weighted by atomic mass is 9.96. The molecule has 0 aromatic carbocycles. The van der Waals surface area contributed by atoms with Crippen LogP contribution in [0.25, 0.3) is 0 Å². The van der Waals surface area contributed by atoms with Gasteiger partial charge in [0, 0.05) is 19.9 Å². The Hall–Kier alpha value is -0.870. The van der Waals surface area contributed by atoms with Gasteiger partial charge in [-0.15, -0.1) is 0 Å². The molecule has 100 valence electrons. The summed E-state index contributed by atoms with van der Waals surface area (Å²) < 4.78 is 7.63. The third kappa shape index (κ3) is 2.93. The molecule has 1 aliphatic rings. The number of halogens is 1. The topological polar surface area (TPSA) is 44.1 Å². The van der Waals surface area contributed by atoms with Crippen molar-refractivity contribution in [1.82, 2.24) is 9.78 Å². The average Bonchev–Trinajstić information content (AvgIpc) is 2.64. The lowest BCUT2D eigenvalue weighted by Crippen LogP contribution is -2.21. The highest BCUT2D eigenvalue weighted by Gasteiger charge is 2.20. The Kier molecular flexibility index (Phi) is 4.40. The van der Waals surface area contributed by atoms with E-state index in [9.17, 15) is 4.79 Å². The van der Waals surface area contributed by atoms with Gasteiger partial charge in [-0.25, -0.2) is 0 Å². The number of hydrogen-bond donors (Lipinski definition) is 0. The van der Waals surface area contributed by atoms with E-state index in [4.69, 9.17) is 16.3 Å². The molecule has 4 nitrogen and oxygen atoms in total. The molecule has 1 saturated carbocycles. The van der Waals surface area contributed by atoms with Crippen LogP contribution in [0.15, 0.2) is 0 Å². The van der Waals surface area contributed by atoms with Crippen LogP contribution in [0.2, 0.25) is 5.02 Å². The van der Waals surface area contributed by atoms with E-state index in [0.29, 0.717) is 30.3 Å². The molecule has 0 radical (unpaired) electrons. The predicted molar refractivity (Wildman–Crippen MR) is 69.6 cm³/mol. The molecule has 0 saturated heterocycles. The molecule has 18 heavy (non-hydrogen) atoms. The van der Waals surface area contributed by atoms with Gasteiger partial charge in [-0.05, 0) is 19.3 Å². The van der Waals surface area contributed by atoms with Gasteiger partial charge in [0.2, 0.25) is 0 Å². The van der Waals surface area contributed by atoms with E-state index in [1.165, 1.54) is 0 Å². The summed E-state index contributed by atoms with van der Waals surface area (Å²) in [5.74, 6) is 0.349. The second kappa shape index (κ2) is 5.85. The SMILES string of the molecule is CCc1nn(C)c(COC2CCC(=O)CC2)c1Cl. The van der Waals surface area contributed by atoms with Gasteiger partial charge < -0.3 is 4.74 Å². The van der Waals surface area contributed by atoms with Crippen molar-refractivity contribution in [3.8, 4) is 0 Å². The molecule has 5 heteroatoms. The number of carbonyl (C=O) groups is 1. The van der Waals surface area contributed by atoms with Crippen LogP contribution in [0.1, 0.15) is 44.0 Å². The molecular weight excluding hydrogens is 252 g/mol. The van der Waals surface area contributed by atoms with Crippen molar-refractivity contribution in [1.29, 1.82) is 0 Å². The Bertz CT molecular complexity index is 432. The minimum Gasteiger partial charge on any atom is -0.372 e. The molecule has 0 N–H and O–H groups in total. The summed E-state index contributed by atoms with van der Waals surface area (Å²) in [7, 11) is 1.88. The Morgan fingerprint density at radius 2 is 2.11 bits per heavy atom. The van der Waals surface area contributed by atoms with Crippen LogP contribution in [0, 0.1) is 0 Å². The van der Waals surface area contributed by atoms with Crippen LogP contribution in [-0.4, -0.2) is 21.7 Å². The Labute approximate surface area is 112 Å². The van der Waals surface area contributed by atoms with Gasteiger partial charge in [-0.1, -0.05) is 18.5 Å². The van der Waals surface area contributed by atoms with Crippen molar-refractivity contribution in [3.05, 3.63) is 16.4 Å². The van der Waals surface area contributed by atoms with Crippen molar-refractivity contribution >= 4 is 17.4 Å². The average molecular weight is 271 g/mol. The molecule has 1 aromatic rings. The standard InChI is InChI=1S/C13H19ClN2O2/c1-3-11-13(14)12(16(2)15-11)8-18-10-6-4-9(17)5-7-10/h10H,3-8H2,1-2H3. The lowest BCUT2D eigenvalue weighted by Gasteiger charge is -2.21. The summed E-state index contributed by atoms with van der Waals surface area (Å²) >= 11 is 6.25. The van der Waals surface area contributed by atoms with Gasteiger partial charge in [-0.3, -0.25) is 9.48 Å². The van der Waals surface area contributed by atoms with Crippen LogP contribution >= 0.6 is 11.6 Å². The minimum absolute atomic E-state index is 0.179. The summed E-state index contributed by atoms with van der Waals surface area (Å²) in [6.07, 6.45) is 3.95. The lowest BCUT2D eigenvalue weighted by molar-refractivity contribution is -0.123. The Morgan fingerprint density at radius 1 is 1.44 bits per heavy atom. The molecular formula is C13H19ClN2O2. The number of nitrogens with zero attached hydrogens (tertiary/aromatic N) is 2. The smallest absolute Gasteiger partial charge is 0.133 e. The highest BCUT2D eigenvalue weighted by molar-refractivity contribution is 6.31. The minimum atomic E-state index is 0.179.